The third-order valence-corrected chi connectivity index (χ3v) is 9.02. The van der Waals surface area contributed by atoms with Gasteiger partial charge in [0.1, 0.15) is 31.0 Å². The number of ether oxygens (including phenoxy) is 5. The van der Waals surface area contributed by atoms with Crippen molar-refractivity contribution in [1.82, 2.24) is 20.3 Å². The zero-order valence-corrected chi connectivity index (χ0v) is 27.4. The van der Waals surface area contributed by atoms with Crippen LogP contribution in [0.2, 0.25) is 0 Å². The van der Waals surface area contributed by atoms with Crippen LogP contribution in [0.15, 0.2) is 103 Å². The number of hydrogen-bond acceptors (Lipinski definition) is 10. The number of hydrogen-bond donors (Lipinski definition) is 3. The molecule has 0 saturated carbocycles. The Hall–Kier alpha value is -4.62. The van der Waals surface area contributed by atoms with Crippen molar-refractivity contribution in [2.45, 2.75) is 63.6 Å². The molecule has 0 radical (unpaired) electrons. The van der Waals surface area contributed by atoms with Gasteiger partial charge < -0.3 is 39.2 Å². The molecule has 11 heteroatoms. The van der Waals surface area contributed by atoms with E-state index in [1.54, 1.807) is 13.3 Å². The monoisotopic (exact) mass is 664 g/mol. The van der Waals surface area contributed by atoms with Crippen molar-refractivity contribution in [3.8, 4) is 22.6 Å². The van der Waals surface area contributed by atoms with E-state index in [2.05, 4.69) is 52.9 Å². The van der Waals surface area contributed by atoms with Crippen molar-refractivity contribution < 1.29 is 33.9 Å². The minimum atomic E-state index is -1.28. The average molecular weight is 665 g/mol. The predicted octanol–water partition coefficient (Wildman–Crippen LogP) is 4.86. The lowest BCUT2D eigenvalue weighted by Crippen LogP contribution is -2.60. The van der Waals surface area contributed by atoms with Gasteiger partial charge in [-0.3, -0.25) is 0 Å². The van der Waals surface area contributed by atoms with Crippen LogP contribution in [0, 0.1) is 6.92 Å². The summed E-state index contributed by atoms with van der Waals surface area (Å²) in [5.41, 5.74) is 7.11. The maximum atomic E-state index is 11.0. The van der Waals surface area contributed by atoms with Crippen molar-refractivity contribution in [2.75, 3.05) is 13.7 Å². The largest absolute Gasteiger partial charge is 0.493 e. The van der Waals surface area contributed by atoms with E-state index in [9.17, 15) is 10.2 Å². The van der Waals surface area contributed by atoms with Gasteiger partial charge in [0.25, 0.3) is 0 Å². The summed E-state index contributed by atoms with van der Waals surface area (Å²) in [6, 6.07) is 31.9. The van der Waals surface area contributed by atoms with Crippen LogP contribution in [-0.2, 0) is 33.9 Å². The molecule has 2 aliphatic rings. The summed E-state index contributed by atoms with van der Waals surface area (Å²) in [7, 11) is 1.63. The number of methoxy groups -OCH3 is 1. The first kappa shape index (κ1) is 32.9. The van der Waals surface area contributed by atoms with Crippen LogP contribution in [-0.4, -0.2) is 63.3 Å². The number of nitrogens with one attached hydrogen (secondary N) is 1. The third kappa shape index (κ3) is 7.23. The molecule has 3 heterocycles. The van der Waals surface area contributed by atoms with Gasteiger partial charge in [0.05, 0.1) is 25.6 Å². The fraction of sp³-hybridized carbons (Fsp3) is 0.316. The molecule has 0 unspecified atom stereocenters. The molecular weight excluding hydrogens is 624 g/mol. The van der Waals surface area contributed by atoms with Crippen LogP contribution in [0.5, 0.6) is 11.5 Å². The molecular formula is C38H40N4O7. The number of nitrogens with zero attached hydrogens (tertiary/aromatic N) is 3. The van der Waals surface area contributed by atoms with Gasteiger partial charge in [-0.15, -0.1) is 5.10 Å². The Morgan fingerprint density at radius 2 is 1.67 bits per heavy atom. The van der Waals surface area contributed by atoms with E-state index in [4.69, 9.17) is 23.7 Å². The summed E-state index contributed by atoms with van der Waals surface area (Å²) in [6.45, 7) is 3.67. The summed E-state index contributed by atoms with van der Waals surface area (Å²) in [4.78, 5) is 0. The predicted molar refractivity (Wildman–Crippen MR) is 180 cm³/mol. The number of aliphatic hydroxyl groups excluding tert-OH is 2. The highest BCUT2D eigenvalue weighted by Gasteiger charge is 2.49. The van der Waals surface area contributed by atoms with E-state index < -0.39 is 36.9 Å². The lowest BCUT2D eigenvalue weighted by molar-refractivity contribution is -0.340. The number of aromatic nitrogens is 3. The summed E-state index contributed by atoms with van der Waals surface area (Å²) in [5, 5.41) is 33.8. The molecule has 4 aromatic carbocycles. The molecule has 1 aromatic heterocycles. The van der Waals surface area contributed by atoms with Crippen LogP contribution in [0.3, 0.4) is 0 Å². The van der Waals surface area contributed by atoms with Crippen LogP contribution >= 0.6 is 0 Å². The number of rotatable bonds is 11. The minimum absolute atomic E-state index is 0.195. The van der Waals surface area contributed by atoms with Crippen molar-refractivity contribution >= 4 is 0 Å². The van der Waals surface area contributed by atoms with Crippen LogP contribution in [0.1, 0.15) is 40.5 Å². The lowest BCUT2D eigenvalue weighted by Gasteiger charge is -2.46. The maximum absolute atomic E-state index is 11.0. The van der Waals surface area contributed by atoms with Crippen molar-refractivity contribution in [1.29, 1.82) is 0 Å². The van der Waals surface area contributed by atoms with Crippen LogP contribution < -0.4 is 14.8 Å². The molecule has 5 aromatic rings. The molecule has 11 nitrogen and oxygen atoms in total. The Kier molecular flexibility index (Phi) is 9.99. The normalized spacial score (nSPS) is 23.5. The highest BCUT2D eigenvalue weighted by atomic mass is 16.7. The Balaban J connectivity index is 0.947. The second-order valence-electron chi connectivity index (χ2n) is 12.2. The smallest absolute Gasteiger partial charge is 0.184 e. The number of benzene rings is 4. The second-order valence-corrected chi connectivity index (χ2v) is 12.2. The Labute approximate surface area is 285 Å². The van der Waals surface area contributed by atoms with E-state index >= 15 is 0 Å². The van der Waals surface area contributed by atoms with E-state index in [0.717, 1.165) is 16.7 Å². The Morgan fingerprint density at radius 1 is 0.878 bits per heavy atom. The molecule has 2 saturated heterocycles. The fourth-order valence-corrected chi connectivity index (χ4v) is 6.31. The van der Waals surface area contributed by atoms with Crippen molar-refractivity contribution in [3.63, 3.8) is 0 Å². The van der Waals surface area contributed by atoms with E-state index in [-0.39, 0.29) is 6.61 Å². The van der Waals surface area contributed by atoms with Gasteiger partial charge in [0, 0.05) is 18.7 Å². The topological polar surface area (TPSA) is 129 Å². The molecule has 6 atom stereocenters. The maximum Gasteiger partial charge on any atom is 0.184 e. The first-order chi connectivity index (χ1) is 24.0. The number of fused-ring (bicyclic) bond motifs is 1. The number of aliphatic hydroxyl groups is 2. The van der Waals surface area contributed by atoms with Crippen LogP contribution in [0.25, 0.3) is 11.1 Å². The van der Waals surface area contributed by atoms with E-state index in [1.165, 1.54) is 21.4 Å². The highest BCUT2D eigenvalue weighted by Crippen LogP contribution is 2.37. The molecule has 0 aliphatic carbocycles. The second kappa shape index (κ2) is 14.9. The SMILES string of the molecule is COc1ccc(CNCc2cn([C@@H]3O[C@@H]4CO[C@@H](c5ccccc5)O[C@H]4[C@H](O)[C@H]3O)nn2)cc1OCc1cccc(-c2ccccc2)c1C. The first-order valence-electron chi connectivity index (χ1n) is 16.4. The van der Waals surface area contributed by atoms with Gasteiger partial charge in [-0.2, -0.15) is 0 Å². The molecule has 49 heavy (non-hydrogen) atoms. The standard InChI is InChI=1S/C38H40N4O7/c1-24-28(14-9-15-30(24)26-10-5-3-6-11-26)22-46-32-18-25(16-17-31(32)45-2)19-39-20-29-21-42(41-40-29)37-35(44)34(43)36-33(48-37)23-47-38(49-36)27-12-7-4-8-13-27/h3-18,21,33-39,43-44H,19-20,22-23H2,1-2H3/t33-,34-,35-,36-,37-,38-/m1/s1. The summed E-state index contributed by atoms with van der Waals surface area (Å²) in [5.74, 6) is 1.31. The van der Waals surface area contributed by atoms with Crippen molar-refractivity contribution in [3.05, 3.63) is 131 Å². The quantitative estimate of drug-likeness (QED) is 0.180. The molecule has 0 spiro atoms. The van der Waals surface area contributed by atoms with Crippen molar-refractivity contribution in [2.24, 2.45) is 0 Å². The van der Waals surface area contributed by atoms with Gasteiger partial charge in [0.15, 0.2) is 24.0 Å². The molecule has 2 aliphatic heterocycles. The Morgan fingerprint density at radius 3 is 2.47 bits per heavy atom. The first-order valence-corrected chi connectivity index (χ1v) is 16.4. The molecule has 254 valence electrons. The molecule has 3 N–H and O–H groups in total. The van der Waals surface area contributed by atoms with E-state index in [0.29, 0.717) is 36.9 Å². The Bertz CT molecular complexity index is 1830. The van der Waals surface area contributed by atoms with E-state index in [1.807, 2.05) is 66.7 Å². The average Bonchev–Trinajstić information content (AvgIpc) is 3.62. The van der Waals surface area contributed by atoms with Gasteiger partial charge in [-0.1, -0.05) is 90.1 Å². The zero-order valence-electron chi connectivity index (χ0n) is 27.4. The van der Waals surface area contributed by atoms with Gasteiger partial charge in [-0.05, 0) is 46.9 Å². The summed E-state index contributed by atoms with van der Waals surface area (Å²) < 4.78 is 31.3. The molecule has 0 amide bonds. The summed E-state index contributed by atoms with van der Waals surface area (Å²) in [6.07, 6.45) is -3.72. The van der Waals surface area contributed by atoms with Gasteiger partial charge in [-0.25, -0.2) is 4.68 Å². The van der Waals surface area contributed by atoms with Gasteiger partial charge >= 0.3 is 0 Å². The highest BCUT2D eigenvalue weighted by molar-refractivity contribution is 5.68. The van der Waals surface area contributed by atoms with Crippen LogP contribution in [0.4, 0.5) is 0 Å². The summed E-state index contributed by atoms with van der Waals surface area (Å²) >= 11 is 0. The fourth-order valence-electron chi connectivity index (χ4n) is 6.31. The molecule has 0 bridgehead atoms. The van der Waals surface area contributed by atoms with Gasteiger partial charge in [0.2, 0.25) is 0 Å². The minimum Gasteiger partial charge on any atom is -0.493 e. The molecule has 2 fully saturated rings. The zero-order chi connectivity index (χ0) is 33.7. The third-order valence-electron chi connectivity index (χ3n) is 9.02. The lowest BCUT2D eigenvalue weighted by atomic mass is 9.97. The molecule has 7 rings (SSSR count).